The third-order valence-electron chi connectivity index (χ3n) is 9.72. The van der Waals surface area contributed by atoms with E-state index < -0.39 is 0 Å². The molecule has 4 fully saturated rings. The molecule has 0 atom stereocenters. The Balaban J connectivity index is 1.56. The lowest BCUT2D eigenvalue weighted by Gasteiger charge is -2.63. The van der Waals surface area contributed by atoms with Crippen LogP contribution in [-0.4, -0.2) is 4.57 Å². The van der Waals surface area contributed by atoms with E-state index in [1.807, 2.05) is 0 Å². The van der Waals surface area contributed by atoms with Gasteiger partial charge in [-0.15, -0.1) is 0 Å². The molecule has 1 heteroatoms. The molecule has 1 spiro atoms. The molecule has 0 radical (unpaired) electrons. The highest BCUT2D eigenvalue weighted by Gasteiger charge is 2.60. The molecule has 9 rings (SSSR count). The van der Waals surface area contributed by atoms with Crippen LogP contribution in [0.15, 0.2) is 60.7 Å². The van der Waals surface area contributed by atoms with Gasteiger partial charge in [-0.2, -0.15) is 0 Å². The van der Waals surface area contributed by atoms with Crippen LogP contribution in [-0.2, 0) is 11.8 Å². The van der Waals surface area contributed by atoms with Crippen molar-refractivity contribution >= 4 is 21.8 Å². The number of para-hydroxylation sites is 2. The highest BCUT2D eigenvalue weighted by Crippen LogP contribution is 2.67. The van der Waals surface area contributed by atoms with Gasteiger partial charge in [0, 0.05) is 16.2 Å². The Kier molecular flexibility index (Phi) is 3.10. The second-order valence-corrected chi connectivity index (χ2v) is 10.9. The Labute approximate surface area is 184 Å². The summed E-state index contributed by atoms with van der Waals surface area (Å²) in [5, 5.41) is 2.90. The van der Waals surface area contributed by atoms with Crippen LogP contribution in [0.3, 0.4) is 0 Å². The second-order valence-electron chi connectivity index (χ2n) is 10.9. The predicted octanol–water partition coefficient (Wildman–Crippen LogP) is 7.40. The van der Waals surface area contributed by atoms with E-state index in [2.05, 4.69) is 72.2 Å². The number of hydrogen-bond acceptors (Lipinski definition) is 0. The molecule has 2 heterocycles. The second kappa shape index (κ2) is 5.63. The third-order valence-corrected chi connectivity index (χ3v) is 9.72. The van der Waals surface area contributed by atoms with Gasteiger partial charge in [0.2, 0.25) is 0 Å². The van der Waals surface area contributed by atoms with Crippen LogP contribution in [0, 0.1) is 23.7 Å². The standard InChI is InChI=1S/C30H29N/c1-2-18-10-11-27-24(17-18)23-6-5-8-26-29(23)31(27)28-9-4-3-7-25(28)30(26)21-13-19-12-20(15-21)16-22(30)14-19/h3-11,17,19-22H,2,12-16H2,1H3. The molecule has 31 heavy (non-hydrogen) atoms. The molecule has 0 N–H and O–H groups in total. The van der Waals surface area contributed by atoms with Crippen molar-refractivity contribution in [1.29, 1.82) is 0 Å². The summed E-state index contributed by atoms with van der Waals surface area (Å²) in [4.78, 5) is 0. The maximum atomic E-state index is 2.62. The Morgan fingerprint density at radius 2 is 1.52 bits per heavy atom. The molecule has 4 aromatic rings. The maximum Gasteiger partial charge on any atom is 0.0582 e. The molecule has 1 nitrogen and oxygen atoms in total. The van der Waals surface area contributed by atoms with E-state index >= 15 is 0 Å². The van der Waals surface area contributed by atoms with E-state index in [9.17, 15) is 0 Å². The van der Waals surface area contributed by atoms with E-state index in [1.165, 1.54) is 65.2 Å². The number of aromatic nitrogens is 1. The van der Waals surface area contributed by atoms with Gasteiger partial charge in [-0.1, -0.05) is 49.4 Å². The summed E-state index contributed by atoms with van der Waals surface area (Å²) in [6.45, 7) is 2.27. The summed E-state index contributed by atoms with van der Waals surface area (Å²) in [6.07, 6.45) is 8.37. The molecular weight excluding hydrogens is 374 g/mol. The minimum Gasteiger partial charge on any atom is -0.309 e. The average molecular weight is 404 g/mol. The van der Waals surface area contributed by atoms with Crippen molar-refractivity contribution in [2.75, 3.05) is 0 Å². The molecule has 1 aromatic heterocycles. The topological polar surface area (TPSA) is 4.93 Å². The molecule has 0 saturated heterocycles. The zero-order valence-electron chi connectivity index (χ0n) is 18.3. The molecular formula is C30H29N. The van der Waals surface area contributed by atoms with E-state index in [1.54, 1.807) is 11.1 Å². The van der Waals surface area contributed by atoms with Gasteiger partial charge in [-0.25, -0.2) is 0 Å². The van der Waals surface area contributed by atoms with Crippen molar-refractivity contribution < 1.29 is 0 Å². The molecule has 5 aliphatic rings. The molecule has 3 aromatic carbocycles. The first-order valence-electron chi connectivity index (χ1n) is 12.5. The zero-order valence-corrected chi connectivity index (χ0v) is 18.3. The van der Waals surface area contributed by atoms with Crippen molar-refractivity contribution in [1.82, 2.24) is 4.57 Å². The fourth-order valence-corrected chi connectivity index (χ4v) is 8.89. The lowest BCUT2D eigenvalue weighted by molar-refractivity contribution is -0.0418. The van der Waals surface area contributed by atoms with Crippen LogP contribution in [0.5, 0.6) is 0 Å². The fourth-order valence-electron chi connectivity index (χ4n) is 8.89. The number of nitrogens with zero attached hydrogens (tertiary/aromatic N) is 1. The van der Waals surface area contributed by atoms with E-state index in [4.69, 9.17) is 0 Å². The van der Waals surface area contributed by atoms with Crippen LogP contribution < -0.4 is 0 Å². The zero-order chi connectivity index (χ0) is 20.3. The van der Waals surface area contributed by atoms with Gasteiger partial charge in [0.15, 0.2) is 0 Å². The summed E-state index contributed by atoms with van der Waals surface area (Å²) in [5.74, 6) is 3.60. The van der Waals surface area contributed by atoms with Crippen molar-refractivity contribution in [3.63, 3.8) is 0 Å². The fraction of sp³-hybridized carbons (Fsp3) is 0.400. The third kappa shape index (κ3) is 1.87. The summed E-state index contributed by atoms with van der Waals surface area (Å²) in [5.41, 5.74) is 9.28. The van der Waals surface area contributed by atoms with Gasteiger partial charge in [0.1, 0.15) is 0 Å². The Morgan fingerprint density at radius 1 is 0.774 bits per heavy atom. The summed E-state index contributed by atoms with van der Waals surface area (Å²) < 4.78 is 2.62. The molecule has 4 saturated carbocycles. The normalized spacial score (nSPS) is 32.3. The van der Waals surface area contributed by atoms with E-state index in [-0.39, 0.29) is 5.41 Å². The molecule has 4 bridgehead atoms. The van der Waals surface area contributed by atoms with Crippen molar-refractivity contribution in [3.05, 3.63) is 77.4 Å². The highest BCUT2D eigenvalue weighted by molar-refractivity contribution is 6.11. The van der Waals surface area contributed by atoms with Crippen molar-refractivity contribution in [3.8, 4) is 5.69 Å². The first-order valence-corrected chi connectivity index (χ1v) is 12.5. The summed E-state index contributed by atoms with van der Waals surface area (Å²) in [6, 6.07) is 23.9. The van der Waals surface area contributed by atoms with Gasteiger partial charge in [0.05, 0.1) is 16.7 Å². The summed E-state index contributed by atoms with van der Waals surface area (Å²) >= 11 is 0. The maximum absolute atomic E-state index is 2.62. The van der Waals surface area contributed by atoms with Gasteiger partial charge in [-0.05, 0) is 97.1 Å². The molecule has 154 valence electrons. The Hall–Kier alpha value is -2.54. The molecule has 0 amide bonds. The van der Waals surface area contributed by atoms with Crippen LogP contribution in [0.1, 0.15) is 55.7 Å². The lowest BCUT2D eigenvalue weighted by Crippen LogP contribution is -2.57. The number of hydrogen-bond donors (Lipinski definition) is 0. The first-order chi connectivity index (χ1) is 15.3. The highest BCUT2D eigenvalue weighted by atomic mass is 15.0. The molecule has 1 aliphatic heterocycles. The largest absolute Gasteiger partial charge is 0.309 e. The van der Waals surface area contributed by atoms with Gasteiger partial charge < -0.3 is 4.57 Å². The van der Waals surface area contributed by atoms with Gasteiger partial charge in [-0.3, -0.25) is 0 Å². The monoisotopic (exact) mass is 403 g/mol. The number of fused-ring (bicyclic) bond motifs is 5. The Bertz CT molecular complexity index is 1360. The van der Waals surface area contributed by atoms with Crippen LogP contribution in [0.25, 0.3) is 27.5 Å². The van der Waals surface area contributed by atoms with Gasteiger partial charge >= 0.3 is 0 Å². The SMILES string of the molecule is CCc1ccc2c(c1)c1cccc3c1n2-c1ccccc1C31C2CC3CC(C2)CC1C3. The number of aryl methyl sites for hydroxylation is 1. The Morgan fingerprint density at radius 3 is 2.29 bits per heavy atom. The molecule has 0 unspecified atom stereocenters. The van der Waals surface area contributed by atoms with Crippen LogP contribution in [0.4, 0.5) is 0 Å². The lowest BCUT2D eigenvalue weighted by atomic mass is 9.41. The minimum atomic E-state index is 0.224. The van der Waals surface area contributed by atoms with Gasteiger partial charge in [0.25, 0.3) is 0 Å². The predicted molar refractivity (Wildman–Crippen MR) is 128 cm³/mol. The summed E-state index contributed by atoms with van der Waals surface area (Å²) in [7, 11) is 0. The smallest absolute Gasteiger partial charge is 0.0582 e. The van der Waals surface area contributed by atoms with Crippen molar-refractivity contribution in [2.45, 2.75) is 50.9 Å². The first kappa shape index (κ1) is 17.1. The minimum absolute atomic E-state index is 0.224. The van der Waals surface area contributed by atoms with Crippen molar-refractivity contribution in [2.24, 2.45) is 23.7 Å². The number of benzene rings is 3. The average Bonchev–Trinajstić information content (AvgIpc) is 3.13. The van der Waals surface area contributed by atoms with Crippen LogP contribution in [0.2, 0.25) is 0 Å². The number of rotatable bonds is 1. The van der Waals surface area contributed by atoms with E-state index in [0.29, 0.717) is 0 Å². The van der Waals surface area contributed by atoms with Crippen LogP contribution >= 0.6 is 0 Å². The quantitative estimate of drug-likeness (QED) is 0.312. The molecule has 4 aliphatic carbocycles. The van der Waals surface area contributed by atoms with E-state index in [0.717, 1.165) is 30.1 Å².